The smallest absolute Gasteiger partial charge is 0.251 e. The molecule has 0 saturated heterocycles. The molecule has 3 N–H and O–H groups in total. The molecule has 2 rings (SSSR count). The average Bonchev–Trinajstić information content (AvgIpc) is 2.87. The zero-order chi connectivity index (χ0) is 15.3. The first-order valence-electron chi connectivity index (χ1n) is 7.09. The summed E-state index contributed by atoms with van der Waals surface area (Å²) in [5.74, 6) is 0. The van der Waals surface area contributed by atoms with Crippen LogP contribution >= 0.6 is 27.3 Å². The molecule has 1 aliphatic rings. The maximum absolute atomic E-state index is 12.0. The number of nitrogens with two attached hydrogens (primary N) is 1. The molecule has 0 amide bonds. The number of halogens is 1. The molecule has 0 unspecified atom stereocenters. The van der Waals surface area contributed by atoms with Crippen LogP contribution in [0.25, 0.3) is 0 Å². The van der Waals surface area contributed by atoms with Crippen molar-refractivity contribution in [2.45, 2.75) is 48.5 Å². The summed E-state index contributed by atoms with van der Waals surface area (Å²) in [7, 11) is -3.41. The molecule has 1 fully saturated rings. The minimum atomic E-state index is -3.41. The van der Waals surface area contributed by atoms with Crippen LogP contribution in [0.5, 0.6) is 0 Å². The third kappa shape index (κ3) is 5.30. The molecule has 0 bridgehead atoms. The number of hydrogen-bond donors (Lipinski definition) is 2. The van der Waals surface area contributed by atoms with Crippen LogP contribution in [0.3, 0.4) is 0 Å². The van der Waals surface area contributed by atoms with E-state index in [1.165, 1.54) is 11.3 Å². The van der Waals surface area contributed by atoms with Gasteiger partial charge in [-0.25, -0.2) is 13.1 Å². The Bertz CT molecular complexity index is 539. The summed E-state index contributed by atoms with van der Waals surface area (Å²) in [5.41, 5.74) is 5.84. The first-order valence-corrected chi connectivity index (χ1v) is 10.2. The monoisotopic (exact) mass is 396 g/mol. The Labute approximate surface area is 138 Å². The van der Waals surface area contributed by atoms with E-state index in [2.05, 4.69) is 20.7 Å². The molecule has 0 radical (unpaired) electrons. The minimum absolute atomic E-state index is 0.285. The van der Waals surface area contributed by atoms with Crippen LogP contribution in [0.15, 0.2) is 20.1 Å². The number of hydrogen-bond acceptors (Lipinski definition) is 5. The summed E-state index contributed by atoms with van der Waals surface area (Å²) in [4.78, 5) is 0. The van der Waals surface area contributed by atoms with Gasteiger partial charge in [-0.3, -0.25) is 0 Å². The lowest BCUT2D eigenvalue weighted by Crippen LogP contribution is -2.31. The summed E-state index contributed by atoms with van der Waals surface area (Å²) in [6.07, 6.45) is 5.01. The highest BCUT2D eigenvalue weighted by Gasteiger charge is 2.20. The molecule has 21 heavy (non-hydrogen) atoms. The van der Waals surface area contributed by atoms with Crippen molar-refractivity contribution in [3.05, 3.63) is 15.9 Å². The molecular weight excluding hydrogens is 376 g/mol. The topological polar surface area (TPSA) is 81.4 Å². The van der Waals surface area contributed by atoms with Gasteiger partial charge < -0.3 is 10.5 Å². The molecule has 1 heterocycles. The molecule has 5 nitrogen and oxygen atoms in total. The second-order valence-corrected chi connectivity index (χ2v) is 8.95. The van der Waals surface area contributed by atoms with Crippen molar-refractivity contribution in [1.29, 1.82) is 0 Å². The van der Waals surface area contributed by atoms with Crippen LogP contribution in [0.4, 0.5) is 0 Å². The molecule has 1 aromatic heterocycles. The van der Waals surface area contributed by atoms with Gasteiger partial charge in [0.15, 0.2) is 0 Å². The van der Waals surface area contributed by atoms with Crippen LogP contribution in [0, 0.1) is 0 Å². The molecule has 0 spiro atoms. The molecular formula is C13H21BrN2O3S2. The molecule has 1 aromatic rings. The van der Waals surface area contributed by atoms with E-state index in [0.29, 0.717) is 34.3 Å². The van der Waals surface area contributed by atoms with E-state index in [1.54, 1.807) is 11.4 Å². The molecule has 8 heteroatoms. The Morgan fingerprint density at radius 1 is 1.38 bits per heavy atom. The zero-order valence-corrected chi connectivity index (χ0v) is 15.0. The van der Waals surface area contributed by atoms with Gasteiger partial charge in [0.1, 0.15) is 4.21 Å². The third-order valence-electron chi connectivity index (χ3n) is 3.51. The quantitative estimate of drug-likeness (QED) is 0.693. The molecule has 0 aromatic carbocycles. The Morgan fingerprint density at radius 3 is 2.71 bits per heavy atom. The van der Waals surface area contributed by atoms with E-state index in [0.717, 1.165) is 25.7 Å². The standard InChI is InChI=1S/C13H21BrN2O3S2/c14-12-6-9-20-13(12)21(17,18)16-7-1-8-19-11-4-2-10(15)3-5-11/h6,9-11,16H,1-5,7-8,15H2. The fourth-order valence-electron chi connectivity index (χ4n) is 2.32. The van der Waals surface area contributed by atoms with Crippen molar-refractivity contribution in [3.8, 4) is 0 Å². The van der Waals surface area contributed by atoms with Crippen LogP contribution < -0.4 is 10.5 Å². The van der Waals surface area contributed by atoms with Gasteiger partial charge >= 0.3 is 0 Å². The largest absolute Gasteiger partial charge is 0.378 e. The Kier molecular flexibility index (Phi) is 6.64. The highest BCUT2D eigenvalue weighted by atomic mass is 79.9. The fraction of sp³-hybridized carbons (Fsp3) is 0.692. The average molecular weight is 397 g/mol. The van der Waals surface area contributed by atoms with Gasteiger partial charge in [-0.1, -0.05) is 0 Å². The maximum atomic E-state index is 12.0. The van der Waals surface area contributed by atoms with Crippen LogP contribution in [-0.2, 0) is 14.8 Å². The Balaban J connectivity index is 1.65. The minimum Gasteiger partial charge on any atom is -0.378 e. The van der Waals surface area contributed by atoms with Crippen molar-refractivity contribution in [3.63, 3.8) is 0 Å². The van der Waals surface area contributed by atoms with Gasteiger partial charge in [0.05, 0.1) is 6.10 Å². The summed E-state index contributed by atoms with van der Waals surface area (Å²) in [6.45, 7) is 0.965. The number of sulfonamides is 1. The Morgan fingerprint density at radius 2 is 2.10 bits per heavy atom. The first kappa shape index (κ1) is 17.4. The van der Waals surface area contributed by atoms with Crippen molar-refractivity contribution < 1.29 is 13.2 Å². The van der Waals surface area contributed by atoms with Crippen molar-refractivity contribution in [2.75, 3.05) is 13.2 Å². The molecule has 0 atom stereocenters. The third-order valence-corrected chi connectivity index (χ3v) is 7.65. The van der Waals surface area contributed by atoms with Crippen molar-refractivity contribution >= 4 is 37.3 Å². The van der Waals surface area contributed by atoms with E-state index in [4.69, 9.17) is 10.5 Å². The van der Waals surface area contributed by atoms with Crippen LogP contribution in [-0.4, -0.2) is 33.7 Å². The van der Waals surface area contributed by atoms with E-state index in [1.807, 2.05) is 0 Å². The van der Waals surface area contributed by atoms with Gasteiger partial charge in [0.2, 0.25) is 0 Å². The Hall–Kier alpha value is 0.01000. The van der Waals surface area contributed by atoms with E-state index >= 15 is 0 Å². The first-order chi connectivity index (χ1) is 9.99. The van der Waals surface area contributed by atoms with Gasteiger partial charge in [-0.2, -0.15) is 0 Å². The summed E-state index contributed by atoms with van der Waals surface area (Å²) in [5, 5.41) is 1.75. The highest BCUT2D eigenvalue weighted by Crippen LogP contribution is 2.27. The van der Waals surface area contributed by atoms with Gasteiger partial charge in [-0.05, 0) is 59.5 Å². The molecule has 1 saturated carbocycles. The van der Waals surface area contributed by atoms with Crippen molar-refractivity contribution in [1.82, 2.24) is 4.72 Å². The fourth-order valence-corrected chi connectivity index (χ4v) is 5.78. The molecule has 120 valence electrons. The lowest BCUT2D eigenvalue weighted by Gasteiger charge is -2.26. The summed E-state index contributed by atoms with van der Waals surface area (Å²) < 4.78 is 33.4. The van der Waals surface area contributed by atoms with Crippen LogP contribution in [0.1, 0.15) is 32.1 Å². The number of thiophene rings is 1. The predicted molar refractivity (Wildman–Crippen MR) is 88.0 cm³/mol. The normalized spacial score (nSPS) is 23.3. The second-order valence-electron chi connectivity index (χ2n) is 5.21. The number of nitrogens with one attached hydrogen (secondary N) is 1. The predicted octanol–water partition coefficient (Wildman–Crippen LogP) is 2.47. The summed E-state index contributed by atoms with van der Waals surface area (Å²) in [6, 6.07) is 2.05. The van der Waals surface area contributed by atoms with E-state index in [-0.39, 0.29) is 6.10 Å². The SMILES string of the molecule is NC1CCC(OCCCNS(=O)(=O)c2sccc2Br)CC1. The number of rotatable bonds is 7. The number of ether oxygens (including phenoxy) is 1. The zero-order valence-electron chi connectivity index (χ0n) is 11.8. The van der Waals surface area contributed by atoms with E-state index in [9.17, 15) is 8.42 Å². The van der Waals surface area contributed by atoms with Gasteiger partial charge in [0.25, 0.3) is 10.0 Å². The highest BCUT2D eigenvalue weighted by molar-refractivity contribution is 9.10. The van der Waals surface area contributed by atoms with E-state index < -0.39 is 10.0 Å². The molecule has 1 aliphatic carbocycles. The lowest BCUT2D eigenvalue weighted by atomic mass is 9.94. The van der Waals surface area contributed by atoms with Crippen molar-refractivity contribution in [2.24, 2.45) is 5.73 Å². The molecule has 0 aliphatic heterocycles. The summed E-state index contributed by atoms with van der Waals surface area (Å²) >= 11 is 4.44. The maximum Gasteiger partial charge on any atom is 0.251 e. The van der Waals surface area contributed by atoms with Crippen LogP contribution in [0.2, 0.25) is 0 Å². The van der Waals surface area contributed by atoms with Gasteiger partial charge in [-0.15, -0.1) is 11.3 Å². The second kappa shape index (κ2) is 8.03. The van der Waals surface area contributed by atoms with Gasteiger partial charge in [0, 0.05) is 23.7 Å². The lowest BCUT2D eigenvalue weighted by molar-refractivity contribution is 0.0245.